The Hall–Kier alpha value is -2.81. The monoisotopic (exact) mass is 451 g/mol. The number of hydrogen-bond acceptors (Lipinski definition) is 8. The predicted molar refractivity (Wildman–Crippen MR) is 130 cm³/mol. The number of morpholine rings is 1. The van der Waals surface area contributed by atoms with Gasteiger partial charge in [-0.05, 0) is 43.3 Å². The SMILES string of the molecule is CCCN(CC)Cc1cnc2c(N3CCOCC3)nc(-c3cccc(OCOC)c3)nc2c1. The van der Waals surface area contributed by atoms with E-state index in [1.165, 1.54) is 0 Å². The summed E-state index contributed by atoms with van der Waals surface area (Å²) in [5.41, 5.74) is 3.74. The number of pyridine rings is 1. The molecule has 0 unspecified atom stereocenters. The third-order valence-corrected chi connectivity index (χ3v) is 5.71. The molecule has 3 aromatic rings. The molecule has 33 heavy (non-hydrogen) atoms. The number of methoxy groups -OCH3 is 1. The zero-order valence-corrected chi connectivity index (χ0v) is 19.8. The maximum atomic E-state index is 5.63. The quantitative estimate of drug-likeness (QED) is 0.432. The molecule has 1 fully saturated rings. The lowest BCUT2D eigenvalue weighted by atomic mass is 10.1. The van der Waals surface area contributed by atoms with Gasteiger partial charge in [0.15, 0.2) is 18.4 Å². The Bertz CT molecular complexity index is 1060. The van der Waals surface area contributed by atoms with Crippen LogP contribution >= 0.6 is 0 Å². The highest BCUT2D eigenvalue weighted by molar-refractivity contribution is 5.88. The van der Waals surface area contributed by atoms with E-state index in [0.29, 0.717) is 19.0 Å². The third kappa shape index (κ3) is 5.76. The molecule has 0 spiro atoms. The molecule has 176 valence electrons. The van der Waals surface area contributed by atoms with Crippen molar-refractivity contribution in [2.24, 2.45) is 0 Å². The number of nitrogens with zero attached hydrogens (tertiary/aromatic N) is 5. The molecule has 8 heteroatoms. The predicted octanol–water partition coefficient (Wildman–Crippen LogP) is 3.74. The Kier molecular flexibility index (Phi) is 8.04. The molecule has 0 radical (unpaired) electrons. The van der Waals surface area contributed by atoms with Crippen molar-refractivity contribution in [1.82, 2.24) is 19.9 Å². The molecule has 1 saturated heterocycles. The third-order valence-electron chi connectivity index (χ3n) is 5.71. The summed E-state index contributed by atoms with van der Waals surface area (Å²) >= 11 is 0. The lowest BCUT2D eigenvalue weighted by Crippen LogP contribution is -2.37. The Morgan fingerprint density at radius 3 is 2.73 bits per heavy atom. The van der Waals surface area contributed by atoms with Crippen molar-refractivity contribution in [3.05, 3.63) is 42.1 Å². The number of hydrogen-bond donors (Lipinski definition) is 0. The number of rotatable bonds is 10. The molecule has 8 nitrogen and oxygen atoms in total. The van der Waals surface area contributed by atoms with Crippen LogP contribution in [0.25, 0.3) is 22.4 Å². The number of benzene rings is 1. The van der Waals surface area contributed by atoms with Crippen molar-refractivity contribution < 1.29 is 14.2 Å². The Balaban J connectivity index is 1.76. The first-order valence-corrected chi connectivity index (χ1v) is 11.7. The highest BCUT2D eigenvalue weighted by atomic mass is 16.7. The topological polar surface area (TPSA) is 72.8 Å². The molecule has 0 aliphatic carbocycles. The highest BCUT2D eigenvalue weighted by Crippen LogP contribution is 2.29. The van der Waals surface area contributed by atoms with Crippen LogP contribution in [-0.2, 0) is 16.0 Å². The smallest absolute Gasteiger partial charge is 0.188 e. The Morgan fingerprint density at radius 1 is 1.12 bits per heavy atom. The van der Waals surface area contributed by atoms with E-state index < -0.39 is 0 Å². The van der Waals surface area contributed by atoms with E-state index in [2.05, 4.69) is 29.7 Å². The molecule has 0 N–H and O–H groups in total. The first-order chi connectivity index (χ1) is 16.2. The molecule has 1 aliphatic rings. The molecule has 3 heterocycles. The van der Waals surface area contributed by atoms with Crippen molar-refractivity contribution in [3.8, 4) is 17.1 Å². The fraction of sp³-hybridized carbons (Fsp3) is 0.480. The first kappa shape index (κ1) is 23.4. The van der Waals surface area contributed by atoms with E-state index in [1.54, 1.807) is 7.11 Å². The summed E-state index contributed by atoms with van der Waals surface area (Å²) in [5, 5.41) is 0. The fourth-order valence-corrected chi connectivity index (χ4v) is 4.03. The van der Waals surface area contributed by atoms with Crippen LogP contribution in [0.1, 0.15) is 25.8 Å². The van der Waals surface area contributed by atoms with Crippen molar-refractivity contribution in [2.45, 2.75) is 26.8 Å². The molecule has 1 aliphatic heterocycles. The van der Waals surface area contributed by atoms with Crippen molar-refractivity contribution in [1.29, 1.82) is 0 Å². The van der Waals surface area contributed by atoms with E-state index >= 15 is 0 Å². The van der Waals surface area contributed by atoms with Crippen LogP contribution in [0, 0.1) is 0 Å². The standard InChI is InChI=1S/C25H33N5O3/c1-4-9-29(5-2)17-19-14-22-23(26-16-19)25(30-10-12-32-13-11-30)28-24(27-22)20-7-6-8-21(15-20)33-18-31-3/h6-8,14-16H,4-5,9-13,17-18H2,1-3H3. The molecular weight excluding hydrogens is 418 g/mol. The van der Waals surface area contributed by atoms with Crippen LogP contribution in [0.3, 0.4) is 0 Å². The zero-order valence-electron chi connectivity index (χ0n) is 19.8. The van der Waals surface area contributed by atoms with Crippen molar-refractivity contribution in [2.75, 3.05) is 58.2 Å². The summed E-state index contributed by atoms with van der Waals surface area (Å²) in [6, 6.07) is 9.95. The molecule has 0 amide bonds. The van der Waals surface area contributed by atoms with Crippen LogP contribution in [0.4, 0.5) is 5.82 Å². The molecule has 1 aromatic carbocycles. The number of fused-ring (bicyclic) bond motifs is 1. The average Bonchev–Trinajstić information content (AvgIpc) is 2.87. The Labute approximate surface area is 195 Å². The van der Waals surface area contributed by atoms with E-state index in [0.717, 1.165) is 72.9 Å². The van der Waals surface area contributed by atoms with Crippen molar-refractivity contribution in [3.63, 3.8) is 0 Å². The van der Waals surface area contributed by atoms with Gasteiger partial charge in [0, 0.05) is 38.5 Å². The minimum Gasteiger partial charge on any atom is -0.468 e. The summed E-state index contributed by atoms with van der Waals surface area (Å²) in [5.74, 6) is 2.23. The highest BCUT2D eigenvalue weighted by Gasteiger charge is 2.20. The van der Waals surface area contributed by atoms with E-state index in [1.807, 2.05) is 30.5 Å². The second-order valence-electron chi connectivity index (χ2n) is 8.13. The summed E-state index contributed by atoms with van der Waals surface area (Å²) in [6.07, 6.45) is 3.09. The summed E-state index contributed by atoms with van der Waals surface area (Å²) in [7, 11) is 1.61. The van der Waals surface area contributed by atoms with Gasteiger partial charge in [-0.2, -0.15) is 0 Å². The largest absolute Gasteiger partial charge is 0.468 e. The molecule has 4 rings (SSSR count). The summed E-state index contributed by atoms with van der Waals surface area (Å²) < 4.78 is 16.2. The summed E-state index contributed by atoms with van der Waals surface area (Å²) in [6.45, 7) is 10.5. The maximum absolute atomic E-state index is 5.63. The van der Waals surface area contributed by atoms with Gasteiger partial charge in [-0.1, -0.05) is 26.0 Å². The first-order valence-electron chi connectivity index (χ1n) is 11.7. The zero-order chi connectivity index (χ0) is 23.0. The van der Waals surface area contributed by atoms with Crippen molar-refractivity contribution >= 4 is 16.9 Å². The van der Waals surface area contributed by atoms with Gasteiger partial charge in [-0.3, -0.25) is 9.88 Å². The number of ether oxygens (including phenoxy) is 3. The van der Waals surface area contributed by atoms with Gasteiger partial charge in [0.2, 0.25) is 0 Å². The number of anilines is 1. The fourth-order valence-electron chi connectivity index (χ4n) is 4.03. The van der Waals surface area contributed by atoms with E-state index in [4.69, 9.17) is 29.2 Å². The van der Waals surface area contributed by atoms with Gasteiger partial charge in [-0.25, -0.2) is 9.97 Å². The van der Waals surface area contributed by atoms with Gasteiger partial charge in [-0.15, -0.1) is 0 Å². The van der Waals surface area contributed by atoms with Gasteiger partial charge in [0.1, 0.15) is 11.3 Å². The normalized spacial score (nSPS) is 14.2. The minimum absolute atomic E-state index is 0.194. The van der Waals surface area contributed by atoms with Gasteiger partial charge in [0.25, 0.3) is 0 Å². The van der Waals surface area contributed by atoms with Crippen LogP contribution in [-0.4, -0.2) is 73.1 Å². The molecule has 0 bridgehead atoms. The molecule has 2 aromatic heterocycles. The molecule has 0 atom stereocenters. The lowest BCUT2D eigenvalue weighted by molar-refractivity contribution is 0.0511. The second-order valence-corrected chi connectivity index (χ2v) is 8.13. The maximum Gasteiger partial charge on any atom is 0.188 e. The van der Waals surface area contributed by atoms with E-state index in [9.17, 15) is 0 Å². The van der Waals surface area contributed by atoms with Gasteiger partial charge < -0.3 is 19.1 Å². The van der Waals surface area contributed by atoms with E-state index in [-0.39, 0.29) is 6.79 Å². The Morgan fingerprint density at radius 2 is 1.97 bits per heavy atom. The molecule has 0 saturated carbocycles. The van der Waals surface area contributed by atoms with Gasteiger partial charge in [0.05, 0.1) is 18.7 Å². The summed E-state index contributed by atoms with van der Waals surface area (Å²) in [4.78, 5) is 19.4. The van der Waals surface area contributed by atoms with Crippen LogP contribution in [0.2, 0.25) is 0 Å². The minimum atomic E-state index is 0.194. The average molecular weight is 452 g/mol. The lowest BCUT2D eigenvalue weighted by Gasteiger charge is -2.28. The van der Waals surface area contributed by atoms with Crippen LogP contribution in [0.15, 0.2) is 36.5 Å². The second kappa shape index (κ2) is 11.4. The molecular formula is C25H33N5O3. The number of aromatic nitrogens is 3. The van der Waals surface area contributed by atoms with Crippen LogP contribution in [0.5, 0.6) is 5.75 Å². The van der Waals surface area contributed by atoms with Crippen LogP contribution < -0.4 is 9.64 Å². The van der Waals surface area contributed by atoms with Gasteiger partial charge >= 0.3 is 0 Å².